The van der Waals surface area contributed by atoms with Gasteiger partial charge in [0.05, 0.1) is 35.6 Å². The molecule has 0 spiro atoms. The standard InChI is InChI=1S/C19H19F3N6O2/c1-3-7-23-8-14-25-17(26-30-14)16-13-9-27(2)18(29)15-11(19(20,21)22)5-4-6-12(15)28(13)10-24-16/h4-6,10,23H,3,7-9H2,1-2H3. The highest BCUT2D eigenvalue weighted by Crippen LogP contribution is 2.37. The SMILES string of the molecule is CCCNCc1nc(-c2ncn3c2CN(C)C(=O)c2c-3cccc2C(F)(F)F)no1. The predicted octanol–water partition coefficient (Wildman–Crippen LogP) is 3.03. The Labute approximate surface area is 169 Å². The van der Waals surface area contributed by atoms with Crippen LogP contribution >= 0.6 is 0 Å². The largest absolute Gasteiger partial charge is 0.417 e. The van der Waals surface area contributed by atoms with Gasteiger partial charge in [-0.1, -0.05) is 18.1 Å². The number of nitrogens with zero attached hydrogens (tertiary/aromatic N) is 5. The minimum Gasteiger partial charge on any atom is -0.337 e. The summed E-state index contributed by atoms with van der Waals surface area (Å²) in [7, 11) is 1.45. The average Bonchev–Trinajstić information content (AvgIpc) is 3.31. The number of hydrogen-bond acceptors (Lipinski definition) is 6. The summed E-state index contributed by atoms with van der Waals surface area (Å²) in [5, 5.41) is 7.09. The molecule has 30 heavy (non-hydrogen) atoms. The Morgan fingerprint density at radius 3 is 2.83 bits per heavy atom. The first-order valence-corrected chi connectivity index (χ1v) is 9.37. The van der Waals surface area contributed by atoms with Crippen LogP contribution in [0.5, 0.6) is 0 Å². The van der Waals surface area contributed by atoms with Crippen molar-refractivity contribution in [2.75, 3.05) is 13.6 Å². The van der Waals surface area contributed by atoms with Gasteiger partial charge in [-0.05, 0) is 25.1 Å². The summed E-state index contributed by atoms with van der Waals surface area (Å²) in [6, 6.07) is 3.64. The Morgan fingerprint density at radius 2 is 2.10 bits per heavy atom. The molecule has 1 aliphatic rings. The van der Waals surface area contributed by atoms with E-state index in [1.807, 2.05) is 6.92 Å². The molecule has 0 fully saturated rings. The van der Waals surface area contributed by atoms with Gasteiger partial charge in [-0.15, -0.1) is 0 Å². The van der Waals surface area contributed by atoms with Gasteiger partial charge in [0.15, 0.2) is 0 Å². The Hall–Kier alpha value is -3.21. The monoisotopic (exact) mass is 420 g/mol. The van der Waals surface area contributed by atoms with Crippen LogP contribution in [-0.2, 0) is 19.3 Å². The number of fused-ring (bicyclic) bond motifs is 3. The van der Waals surface area contributed by atoms with E-state index in [9.17, 15) is 18.0 Å². The molecule has 2 aromatic heterocycles. The first-order chi connectivity index (χ1) is 14.3. The number of alkyl halides is 3. The fourth-order valence-corrected chi connectivity index (χ4v) is 3.40. The number of carbonyl (C=O) groups is 1. The minimum atomic E-state index is -4.66. The van der Waals surface area contributed by atoms with Gasteiger partial charge in [0.25, 0.3) is 5.91 Å². The van der Waals surface area contributed by atoms with E-state index in [0.717, 1.165) is 19.0 Å². The smallest absolute Gasteiger partial charge is 0.337 e. The van der Waals surface area contributed by atoms with Crippen LogP contribution in [0.15, 0.2) is 29.0 Å². The summed E-state index contributed by atoms with van der Waals surface area (Å²) in [6.45, 7) is 3.26. The molecule has 4 rings (SSSR count). The molecular formula is C19H19F3N6O2. The lowest BCUT2D eigenvalue weighted by Crippen LogP contribution is -2.27. The van der Waals surface area contributed by atoms with E-state index in [1.54, 1.807) is 0 Å². The van der Waals surface area contributed by atoms with Crippen molar-refractivity contribution in [2.24, 2.45) is 0 Å². The first-order valence-electron chi connectivity index (χ1n) is 9.37. The van der Waals surface area contributed by atoms with Gasteiger partial charge in [0.1, 0.15) is 12.0 Å². The molecule has 0 radical (unpaired) electrons. The maximum atomic E-state index is 13.6. The number of aromatic nitrogens is 4. The van der Waals surface area contributed by atoms with Crippen LogP contribution in [0.2, 0.25) is 0 Å². The van der Waals surface area contributed by atoms with Crippen LogP contribution in [0.1, 0.15) is 40.9 Å². The molecular weight excluding hydrogens is 401 g/mol. The second-order valence-electron chi connectivity index (χ2n) is 6.96. The van der Waals surface area contributed by atoms with E-state index in [0.29, 0.717) is 23.8 Å². The van der Waals surface area contributed by atoms with Crippen LogP contribution < -0.4 is 5.32 Å². The Kier molecular flexibility index (Phi) is 5.06. The lowest BCUT2D eigenvalue weighted by atomic mass is 10.0. The van der Waals surface area contributed by atoms with E-state index < -0.39 is 23.2 Å². The molecule has 3 aromatic rings. The third kappa shape index (κ3) is 3.45. The molecule has 158 valence electrons. The Balaban J connectivity index is 1.80. The summed E-state index contributed by atoms with van der Waals surface area (Å²) in [5.74, 6) is -0.128. The zero-order chi connectivity index (χ0) is 21.5. The molecule has 8 nitrogen and oxygen atoms in total. The number of amides is 1. The number of carbonyl (C=O) groups excluding carboxylic acids is 1. The van der Waals surface area contributed by atoms with E-state index in [2.05, 4.69) is 20.4 Å². The Bertz CT molecular complexity index is 1090. The quantitative estimate of drug-likeness (QED) is 0.639. The number of hydrogen-bond donors (Lipinski definition) is 1. The molecule has 0 bridgehead atoms. The van der Waals surface area contributed by atoms with Crippen molar-refractivity contribution in [1.82, 2.24) is 29.9 Å². The molecule has 1 N–H and O–H groups in total. The summed E-state index contributed by atoms with van der Waals surface area (Å²) < 4.78 is 47.4. The number of rotatable bonds is 5. The zero-order valence-electron chi connectivity index (χ0n) is 16.3. The molecule has 1 aliphatic heterocycles. The van der Waals surface area contributed by atoms with Crippen molar-refractivity contribution in [1.29, 1.82) is 0 Å². The topological polar surface area (TPSA) is 89.1 Å². The van der Waals surface area contributed by atoms with Gasteiger partial charge >= 0.3 is 6.18 Å². The highest BCUT2D eigenvalue weighted by atomic mass is 19.4. The second-order valence-corrected chi connectivity index (χ2v) is 6.96. The summed E-state index contributed by atoms with van der Waals surface area (Å²) in [6.07, 6.45) is -2.33. The zero-order valence-corrected chi connectivity index (χ0v) is 16.3. The summed E-state index contributed by atoms with van der Waals surface area (Å²) in [4.78, 5) is 22.7. The van der Waals surface area contributed by atoms with Crippen LogP contribution in [-0.4, -0.2) is 44.1 Å². The van der Waals surface area contributed by atoms with Crippen LogP contribution in [0, 0.1) is 0 Å². The molecule has 1 amide bonds. The molecule has 3 heterocycles. The lowest BCUT2D eigenvalue weighted by Gasteiger charge is -2.18. The van der Waals surface area contributed by atoms with Crippen molar-refractivity contribution in [3.8, 4) is 17.2 Å². The van der Waals surface area contributed by atoms with E-state index in [4.69, 9.17) is 4.52 Å². The second kappa shape index (κ2) is 7.56. The van der Waals surface area contributed by atoms with E-state index in [-0.39, 0.29) is 18.1 Å². The highest BCUT2D eigenvalue weighted by Gasteiger charge is 2.39. The third-order valence-corrected chi connectivity index (χ3v) is 4.80. The van der Waals surface area contributed by atoms with Gasteiger partial charge < -0.3 is 14.7 Å². The predicted molar refractivity (Wildman–Crippen MR) is 99.7 cm³/mol. The van der Waals surface area contributed by atoms with Gasteiger partial charge in [-0.3, -0.25) is 9.36 Å². The van der Waals surface area contributed by atoms with Crippen molar-refractivity contribution in [2.45, 2.75) is 32.6 Å². The maximum Gasteiger partial charge on any atom is 0.417 e. The first kappa shape index (κ1) is 20.1. The van der Waals surface area contributed by atoms with Gasteiger partial charge in [0.2, 0.25) is 11.7 Å². The van der Waals surface area contributed by atoms with Crippen LogP contribution in [0.25, 0.3) is 17.2 Å². The fraction of sp³-hybridized carbons (Fsp3) is 0.368. The van der Waals surface area contributed by atoms with Gasteiger partial charge in [-0.2, -0.15) is 18.2 Å². The van der Waals surface area contributed by atoms with E-state index >= 15 is 0 Å². The van der Waals surface area contributed by atoms with Crippen molar-refractivity contribution in [3.05, 3.63) is 47.2 Å². The molecule has 0 atom stereocenters. The van der Waals surface area contributed by atoms with Crippen molar-refractivity contribution >= 4 is 5.91 Å². The normalized spacial score (nSPS) is 13.9. The molecule has 0 saturated carbocycles. The number of nitrogens with one attached hydrogen (secondary N) is 1. The molecule has 1 aromatic carbocycles. The van der Waals surface area contributed by atoms with Gasteiger partial charge in [-0.25, -0.2) is 4.98 Å². The maximum absolute atomic E-state index is 13.6. The molecule has 0 unspecified atom stereocenters. The number of benzene rings is 1. The molecule has 0 aliphatic carbocycles. The van der Waals surface area contributed by atoms with Crippen LogP contribution in [0.4, 0.5) is 13.2 Å². The fourth-order valence-electron chi connectivity index (χ4n) is 3.40. The lowest BCUT2D eigenvalue weighted by molar-refractivity contribution is -0.138. The Morgan fingerprint density at radius 1 is 1.30 bits per heavy atom. The molecule has 11 heteroatoms. The van der Waals surface area contributed by atoms with Crippen molar-refractivity contribution < 1.29 is 22.5 Å². The summed E-state index contributed by atoms with van der Waals surface area (Å²) >= 11 is 0. The van der Waals surface area contributed by atoms with Crippen LogP contribution in [0.3, 0.4) is 0 Å². The van der Waals surface area contributed by atoms with Crippen molar-refractivity contribution in [3.63, 3.8) is 0 Å². The van der Waals surface area contributed by atoms with Gasteiger partial charge in [0, 0.05) is 7.05 Å². The minimum absolute atomic E-state index is 0.0398. The average molecular weight is 420 g/mol. The highest BCUT2D eigenvalue weighted by molar-refractivity contribution is 6.00. The third-order valence-electron chi connectivity index (χ3n) is 4.80. The number of imidazole rings is 1. The van der Waals surface area contributed by atoms with E-state index in [1.165, 1.54) is 35.0 Å². The number of halogens is 3. The molecule has 0 saturated heterocycles. The summed E-state index contributed by atoms with van der Waals surface area (Å²) in [5.41, 5.74) is -0.430.